The molecule has 0 bridgehead atoms. The fraction of sp³-hybridized carbons (Fsp3) is 0.357. The normalized spacial score (nSPS) is 14.4. The van der Waals surface area contributed by atoms with Gasteiger partial charge in [0, 0.05) is 17.6 Å². The third kappa shape index (κ3) is 3.15. The van der Waals surface area contributed by atoms with Gasteiger partial charge in [-0.25, -0.2) is 9.37 Å². The minimum atomic E-state index is -0.186. The van der Waals surface area contributed by atoms with Gasteiger partial charge in [-0.15, -0.1) is 11.3 Å². The van der Waals surface area contributed by atoms with Crippen LogP contribution in [0.4, 0.5) is 4.39 Å². The maximum Gasteiger partial charge on any atom is 0.123 e. The fourth-order valence-electron chi connectivity index (χ4n) is 1.99. The molecule has 1 N–H and O–H groups in total. The van der Waals surface area contributed by atoms with Crippen molar-refractivity contribution in [1.82, 2.24) is 10.3 Å². The molecule has 0 saturated carbocycles. The van der Waals surface area contributed by atoms with Gasteiger partial charge in [-0.05, 0) is 31.0 Å². The molecule has 0 aliphatic carbocycles. The van der Waals surface area contributed by atoms with Crippen LogP contribution in [0.3, 0.4) is 0 Å². The molecule has 0 fully saturated rings. The summed E-state index contributed by atoms with van der Waals surface area (Å²) in [6, 6.07) is 7.11. The van der Waals surface area contributed by atoms with Crippen molar-refractivity contribution in [3.63, 3.8) is 0 Å². The fourth-order valence-corrected chi connectivity index (χ4v) is 2.65. The second kappa shape index (κ2) is 6.07. The summed E-state index contributed by atoms with van der Waals surface area (Å²) < 4.78 is 13.2. The zero-order valence-corrected chi connectivity index (χ0v) is 11.4. The number of hydrogen-bond donors (Lipinski definition) is 1. The van der Waals surface area contributed by atoms with E-state index in [0.29, 0.717) is 0 Å². The Morgan fingerprint density at radius 1 is 1.44 bits per heavy atom. The van der Waals surface area contributed by atoms with E-state index in [1.807, 2.05) is 11.4 Å². The SMILES string of the molecule is CCC(NC(C)c1nccs1)c1cccc(F)c1. The number of thiazole rings is 1. The lowest BCUT2D eigenvalue weighted by Gasteiger charge is -2.21. The molecule has 1 aromatic carbocycles. The summed E-state index contributed by atoms with van der Waals surface area (Å²) in [5.74, 6) is -0.186. The minimum absolute atomic E-state index is 0.152. The van der Waals surface area contributed by atoms with E-state index in [9.17, 15) is 4.39 Å². The average Bonchev–Trinajstić information content (AvgIpc) is 2.89. The molecular weight excluding hydrogens is 247 g/mol. The van der Waals surface area contributed by atoms with Crippen molar-refractivity contribution in [2.45, 2.75) is 32.4 Å². The summed E-state index contributed by atoms with van der Waals surface area (Å²) >= 11 is 1.63. The number of hydrogen-bond acceptors (Lipinski definition) is 3. The maximum absolute atomic E-state index is 13.2. The monoisotopic (exact) mass is 264 g/mol. The molecule has 0 saturated heterocycles. The largest absolute Gasteiger partial charge is 0.301 e. The van der Waals surface area contributed by atoms with Crippen LogP contribution in [-0.2, 0) is 0 Å². The van der Waals surface area contributed by atoms with Gasteiger partial charge in [0.2, 0.25) is 0 Å². The highest BCUT2D eigenvalue weighted by Crippen LogP contribution is 2.23. The van der Waals surface area contributed by atoms with Crippen molar-refractivity contribution >= 4 is 11.3 Å². The van der Waals surface area contributed by atoms with E-state index in [0.717, 1.165) is 17.0 Å². The van der Waals surface area contributed by atoms with E-state index in [2.05, 4.69) is 24.1 Å². The van der Waals surface area contributed by atoms with Crippen LogP contribution in [0.1, 0.15) is 42.9 Å². The summed E-state index contributed by atoms with van der Waals surface area (Å²) in [6.07, 6.45) is 2.72. The van der Waals surface area contributed by atoms with Gasteiger partial charge >= 0.3 is 0 Å². The highest BCUT2D eigenvalue weighted by atomic mass is 32.1. The van der Waals surface area contributed by atoms with Crippen LogP contribution in [0.15, 0.2) is 35.8 Å². The van der Waals surface area contributed by atoms with E-state index < -0.39 is 0 Å². The summed E-state index contributed by atoms with van der Waals surface area (Å²) in [6.45, 7) is 4.18. The molecule has 2 atom stereocenters. The van der Waals surface area contributed by atoms with E-state index in [1.165, 1.54) is 6.07 Å². The number of aromatic nitrogens is 1. The Kier molecular flexibility index (Phi) is 4.44. The Hall–Kier alpha value is -1.26. The van der Waals surface area contributed by atoms with Crippen molar-refractivity contribution in [1.29, 1.82) is 0 Å². The second-order valence-electron chi connectivity index (χ2n) is 4.27. The van der Waals surface area contributed by atoms with Crippen molar-refractivity contribution in [2.24, 2.45) is 0 Å². The average molecular weight is 264 g/mol. The molecule has 0 amide bonds. The lowest BCUT2D eigenvalue weighted by atomic mass is 10.0. The van der Waals surface area contributed by atoms with Crippen molar-refractivity contribution in [3.05, 3.63) is 52.2 Å². The van der Waals surface area contributed by atoms with Gasteiger partial charge in [0.1, 0.15) is 10.8 Å². The van der Waals surface area contributed by atoms with Crippen LogP contribution < -0.4 is 5.32 Å². The van der Waals surface area contributed by atoms with Crippen LogP contribution in [0.5, 0.6) is 0 Å². The molecule has 0 aliphatic rings. The molecule has 2 aromatic rings. The molecule has 0 radical (unpaired) electrons. The van der Waals surface area contributed by atoms with Gasteiger partial charge in [-0.2, -0.15) is 0 Å². The highest BCUT2D eigenvalue weighted by molar-refractivity contribution is 7.09. The molecule has 0 aliphatic heterocycles. The summed E-state index contributed by atoms with van der Waals surface area (Å²) in [5, 5.41) is 6.52. The predicted molar refractivity (Wildman–Crippen MR) is 73.1 cm³/mol. The number of halogens is 1. The first-order valence-corrected chi connectivity index (χ1v) is 6.99. The summed E-state index contributed by atoms with van der Waals surface area (Å²) in [5.41, 5.74) is 0.987. The molecule has 96 valence electrons. The standard InChI is InChI=1S/C14H17FN2S/c1-3-13(11-5-4-6-12(15)9-11)17-10(2)14-16-7-8-18-14/h4-10,13,17H,3H2,1-2H3. The topological polar surface area (TPSA) is 24.9 Å². The maximum atomic E-state index is 13.2. The zero-order chi connectivity index (χ0) is 13.0. The molecule has 2 nitrogen and oxygen atoms in total. The Balaban J connectivity index is 2.10. The summed E-state index contributed by atoms with van der Waals surface area (Å²) in [7, 11) is 0. The van der Waals surface area contributed by atoms with Crippen LogP contribution in [0, 0.1) is 5.82 Å². The van der Waals surface area contributed by atoms with Gasteiger partial charge in [0.25, 0.3) is 0 Å². The number of nitrogens with one attached hydrogen (secondary N) is 1. The van der Waals surface area contributed by atoms with Gasteiger partial charge < -0.3 is 5.32 Å². The number of nitrogens with zero attached hydrogens (tertiary/aromatic N) is 1. The number of rotatable bonds is 5. The van der Waals surface area contributed by atoms with Gasteiger partial charge in [0.15, 0.2) is 0 Å². The van der Waals surface area contributed by atoms with E-state index in [4.69, 9.17) is 0 Å². The molecule has 2 rings (SSSR count). The Labute approximate surface area is 111 Å². The van der Waals surface area contributed by atoms with Gasteiger partial charge in [-0.1, -0.05) is 19.1 Å². The third-order valence-electron chi connectivity index (χ3n) is 2.93. The van der Waals surface area contributed by atoms with Crippen LogP contribution >= 0.6 is 11.3 Å². The van der Waals surface area contributed by atoms with Gasteiger partial charge in [-0.3, -0.25) is 0 Å². The van der Waals surface area contributed by atoms with Crippen molar-refractivity contribution < 1.29 is 4.39 Å². The van der Waals surface area contributed by atoms with Crippen LogP contribution in [0.2, 0.25) is 0 Å². The Morgan fingerprint density at radius 3 is 2.89 bits per heavy atom. The van der Waals surface area contributed by atoms with Gasteiger partial charge in [0.05, 0.1) is 6.04 Å². The molecule has 0 spiro atoms. The Morgan fingerprint density at radius 2 is 2.28 bits per heavy atom. The van der Waals surface area contributed by atoms with Crippen LogP contribution in [-0.4, -0.2) is 4.98 Å². The lowest BCUT2D eigenvalue weighted by Crippen LogP contribution is -2.24. The lowest BCUT2D eigenvalue weighted by molar-refractivity contribution is 0.453. The molecule has 1 aromatic heterocycles. The van der Waals surface area contributed by atoms with Crippen molar-refractivity contribution in [3.8, 4) is 0 Å². The first-order chi connectivity index (χ1) is 8.70. The molecule has 18 heavy (non-hydrogen) atoms. The molecular formula is C14H17FN2S. The Bertz CT molecular complexity index is 484. The summed E-state index contributed by atoms with van der Waals surface area (Å²) in [4.78, 5) is 4.30. The smallest absolute Gasteiger partial charge is 0.123 e. The number of benzene rings is 1. The van der Waals surface area contributed by atoms with Crippen LogP contribution in [0.25, 0.3) is 0 Å². The predicted octanol–water partition coefficient (Wildman–Crippen LogP) is 4.08. The third-order valence-corrected chi connectivity index (χ3v) is 3.89. The second-order valence-corrected chi connectivity index (χ2v) is 5.20. The minimum Gasteiger partial charge on any atom is -0.301 e. The molecule has 1 heterocycles. The molecule has 2 unspecified atom stereocenters. The highest BCUT2D eigenvalue weighted by Gasteiger charge is 2.15. The first-order valence-electron chi connectivity index (χ1n) is 6.11. The first kappa shape index (κ1) is 13.2. The van der Waals surface area contributed by atoms with E-state index in [1.54, 1.807) is 29.7 Å². The van der Waals surface area contributed by atoms with Crippen molar-refractivity contribution in [2.75, 3.05) is 0 Å². The van der Waals surface area contributed by atoms with E-state index in [-0.39, 0.29) is 17.9 Å². The molecule has 4 heteroatoms. The van der Waals surface area contributed by atoms with E-state index >= 15 is 0 Å². The quantitative estimate of drug-likeness (QED) is 0.880. The zero-order valence-electron chi connectivity index (χ0n) is 10.6.